The van der Waals surface area contributed by atoms with E-state index in [-0.39, 0.29) is 0 Å². The number of anilines is 1. The highest BCUT2D eigenvalue weighted by molar-refractivity contribution is 7.92. The summed E-state index contributed by atoms with van der Waals surface area (Å²) in [7, 11) is -1.84. The molecule has 0 amide bonds. The second kappa shape index (κ2) is 8.70. The average molecular weight is 408 g/mol. The van der Waals surface area contributed by atoms with Gasteiger partial charge in [-0.05, 0) is 60.2 Å². The maximum atomic E-state index is 12.1. The predicted octanol–water partition coefficient (Wildman–Crippen LogP) is 4.05. The number of ether oxygens (including phenoxy) is 1. The Hall–Kier alpha value is -3.45. The van der Waals surface area contributed by atoms with E-state index in [4.69, 9.17) is 4.74 Å². The minimum atomic E-state index is -3.33. The molecule has 148 valence electrons. The summed E-state index contributed by atoms with van der Waals surface area (Å²) in [6.07, 6.45) is 2.80. The number of sulfonamides is 1. The Bertz CT molecular complexity index is 1120. The number of carbonyl (C=O) groups is 1. The number of carbonyl (C=O) groups excluding carboxylic acids is 1. The molecule has 0 spiro atoms. The normalized spacial score (nSPS) is 11.4. The molecule has 3 rings (SSSR count). The number of esters is 1. The first kappa shape index (κ1) is 20.3. The van der Waals surface area contributed by atoms with Gasteiger partial charge in [0.15, 0.2) is 0 Å². The lowest BCUT2D eigenvalue weighted by Crippen LogP contribution is -2.24. The number of benzene rings is 3. The van der Waals surface area contributed by atoms with E-state index in [1.165, 1.54) is 11.4 Å². The summed E-state index contributed by atoms with van der Waals surface area (Å²) < 4.78 is 29.9. The molecule has 0 saturated carbocycles. The van der Waals surface area contributed by atoms with E-state index in [1.807, 2.05) is 6.07 Å². The maximum absolute atomic E-state index is 12.1. The lowest BCUT2D eigenvalue weighted by Gasteiger charge is -2.16. The molecule has 0 heterocycles. The van der Waals surface area contributed by atoms with Crippen LogP contribution in [0, 0.1) is 0 Å². The standard InChI is InChI=1S/C22H20N2O4S/c1-24(29(2,26)27)20-10-6-9-19(15-20)23-16-17-11-13-21(14-12-17)28-22(25)18-7-4-3-5-8-18/h3-16H,1-2H3. The Morgan fingerprint density at radius 3 is 2.31 bits per heavy atom. The van der Waals surface area contributed by atoms with Crippen LogP contribution >= 0.6 is 0 Å². The lowest BCUT2D eigenvalue weighted by atomic mass is 10.2. The third-order valence-electron chi connectivity index (χ3n) is 4.15. The molecule has 0 aliphatic heterocycles. The smallest absolute Gasteiger partial charge is 0.343 e. The van der Waals surface area contributed by atoms with Gasteiger partial charge < -0.3 is 4.74 Å². The minimum Gasteiger partial charge on any atom is -0.423 e. The van der Waals surface area contributed by atoms with Gasteiger partial charge >= 0.3 is 5.97 Å². The predicted molar refractivity (Wildman–Crippen MR) is 115 cm³/mol. The highest BCUT2D eigenvalue weighted by Gasteiger charge is 2.11. The van der Waals surface area contributed by atoms with Gasteiger partial charge in [-0.3, -0.25) is 9.30 Å². The van der Waals surface area contributed by atoms with E-state index >= 15 is 0 Å². The molecule has 0 aliphatic rings. The zero-order chi connectivity index (χ0) is 20.9. The summed E-state index contributed by atoms with van der Waals surface area (Å²) in [6.45, 7) is 0. The van der Waals surface area contributed by atoms with Gasteiger partial charge in [0, 0.05) is 13.3 Å². The van der Waals surface area contributed by atoms with Gasteiger partial charge in [0.2, 0.25) is 10.0 Å². The van der Waals surface area contributed by atoms with Crippen LogP contribution in [0.4, 0.5) is 11.4 Å². The first-order valence-electron chi connectivity index (χ1n) is 8.78. The molecule has 29 heavy (non-hydrogen) atoms. The second-order valence-electron chi connectivity index (χ2n) is 6.33. The van der Waals surface area contributed by atoms with Crippen molar-refractivity contribution >= 4 is 33.6 Å². The molecule has 0 atom stereocenters. The van der Waals surface area contributed by atoms with Crippen LogP contribution in [-0.2, 0) is 10.0 Å². The van der Waals surface area contributed by atoms with Crippen LogP contribution in [0.5, 0.6) is 5.75 Å². The molecule has 0 unspecified atom stereocenters. The molecular weight excluding hydrogens is 388 g/mol. The first-order chi connectivity index (χ1) is 13.8. The fourth-order valence-corrected chi connectivity index (χ4v) is 2.97. The second-order valence-corrected chi connectivity index (χ2v) is 8.35. The van der Waals surface area contributed by atoms with Gasteiger partial charge in [-0.15, -0.1) is 0 Å². The van der Waals surface area contributed by atoms with E-state index in [0.29, 0.717) is 22.7 Å². The number of nitrogens with zero attached hydrogens (tertiary/aromatic N) is 2. The van der Waals surface area contributed by atoms with Crippen molar-refractivity contribution in [3.8, 4) is 5.75 Å². The van der Waals surface area contributed by atoms with Gasteiger partial charge in [-0.25, -0.2) is 13.2 Å². The van der Waals surface area contributed by atoms with Crippen LogP contribution in [0.3, 0.4) is 0 Å². The number of hydrogen-bond acceptors (Lipinski definition) is 5. The lowest BCUT2D eigenvalue weighted by molar-refractivity contribution is 0.0734. The van der Waals surface area contributed by atoms with Crippen molar-refractivity contribution in [1.29, 1.82) is 0 Å². The highest BCUT2D eigenvalue weighted by atomic mass is 32.2. The van der Waals surface area contributed by atoms with E-state index < -0.39 is 16.0 Å². The van der Waals surface area contributed by atoms with Crippen LogP contribution < -0.4 is 9.04 Å². The van der Waals surface area contributed by atoms with Crippen molar-refractivity contribution in [3.63, 3.8) is 0 Å². The molecule has 0 aliphatic carbocycles. The van der Waals surface area contributed by atoms with Crippen molar-refractivity contribution in [3.05, 3.63) is 90.0 Å². The molecule has 0 N–H and O–H groups in total. The monoisotopic (exact) mass is 408 g/mol. The van der Waals surface area contributed by atoms with Gasteiger partial charge in [-0.2, -0.15) is 0 Å². The Morgan fingerprint density at radius 1 is 0.966 bits per heavy atom. The molecule has 7 heteroatoms. The molecule has 3 aromatic rings. The third-order valence-corrected chi connectivity index (χ3v) is 5.36. The maximum Gasteiger partial charge on any atom is 0.343 e. The zero-order valence-corrected chi connectivity index (χ0v) is 16.8. The van der Waals surface area contributed by atoms with Crippen LogP contribution in [0.25, 0.3) is 0 Å². The molecule has 0 bridgehead atoms. The number of rotatable bonds is 6. The summed E-state index contributed by atoms with van der Waals surface area (Å²) in [6, 6.07) is 22.6. The van der Waals surface area contributed by atoms with Gasteiger partial charge in [-0.1, -0.05) is 24.3 Å². The molecule has 0 saturated heterocycles. The Kier molecular flexibility index (Phi) is 6.09. The Morgan fingerprint density at radius 2 is 1.66 bits per heavy atom. The molecule has 0 aromatic heterocycles. The quantitative estimate of drug-likeness (QED) is 0.350. The molecule has 0 radical (unpaired) electrons. The van der Waals surface area contributed by atoms with Crippen molar-refractivity contribution in [1.82, 2.24) is 0 Å². The summed E-state index contributed by atoms with van der Waals surface area (Å²) in [5.41, 5.74) is 2.45. The Labute approximate surface area is 170 Å². The average Bonchev–Trinajstić information content (AvgIpc) is 2.73. The van der Waals surface area contributed by atoms with Gasteiger partial charge in [0.05, 0.1) is 23.2 Å². The molecule has 0 fully saturated rings. The molecule has 3 aromatic carbocycles. The van der Waals surface area contributed by atoms with Crippen LogP contribution in [0.2, 0.25) is 0 Å². The van der Waals surface area contributed by atoms with E-state index in [9.17, 15) is 13.2 Å². The largest absolute Gasteiger partial charge is 0.423 e. The molecular formula is C22H20N2O4S. The minimum absolute atomic E-state index is 0.418. The fourth-order valence-electron chi connectivity index (χ4n) is 2.47. The van der Waals surface area contributed by atoms with Crippen LogP contribution in [-0.4, -0.2) is 33.9 Å². The van der Waals surface area contributed by atoms with Gasteiger partial charge in [0.1, 0.15) is 5.75 Å². The summed E-state index contributed by atoms with van der Waals surface area (Å²) in [4.78, 5) is 16.5. The highest BCUT2D eigenvalue weighted by Crippen LogP contribution is 2.22. The zero-order valence-electron chi connectivity index (χ0n) is 16.0. The van der Waals surface area contributed by atoms with E-state index in [1.54, 1.807) is 79.0 Å². The van der Waals surface area contributed by atoms with Crippen molar-refractivity contribution in [2.75, 3.05) is 17.6 Å². The van der Waals surface area contributed by atoms with Gasteiger partial charge in [0.25, 0.3) is 0 Å². The Balaban J connectivity index is 1.68. The first-order valence-corrected chi connectivity index (χ1v) is 10.6. The molecule has 6 nitrogen and oxygen atoms in total. The van der Waals surface area contributed by atoms with Crippen molar-refractivity contribution in [2.24, 2.45) is 4.99 Å². The van der Waals surface area contributed by atoms with E-state index in [0.717, 1.165) is 11.8 Å². The third kappa shape index (κ3) is 5.52. The van der Waals surface area contributed by atoms with Crippen molar-refractivity contribution in [2.45, 2.75) is 0 Å². The summed E-state index contributed by atoms with van der Waals surface area (Å²) in [5, 5.41) is 0. The van der Waals surface area contributed by atoms with Crippen molar-refractivity contribution < 1.29 is 17.9 Å². The summed E-state index contributed by atoms with van der Waals surface area (Å²) in [5.74, 6) is 0.0200. The van der Waals surface area contributed by atoms with Crippen LogP contribution in [0.15, 0.2) is 83.9 Å². The number of aliphatic imine (C=N–C) groups is 1. The SMILES string of the molecule is CN(c1cccc(N=Cc2ccc(OC(=O)c3ccccc3)cc2)c1)S(C)(=O)=O. The van der Waals surface area contributed by atoms with E-state index in [2.05, 4.69) is 4.99 Å². The number of hydrogen-bond donors (Lipinski definition) is 0. The summed E-state index contributed by atoms with van der Waals surface area (Å²) >= 11 is 0. The van der Waals surface area contributed by atoms with Crippen LogP contribution in [0.1, 0.15) is 15.9 Å². The fraction of sp³-hybridized carbons (Fsp3) is 0.0909. The topological polar surface area (TPSA) is 76.0 Å².